The third-order valence-electron chi connectivity index (χ3n) is 18.2. The summed E-state index contributed by atoms with van der Waals surface area (Å²) in [5.74, 6) is -9.60. The van der Waals surface area contributed by atoms with E-state index in [0.29, 0.717) is 72.7 Å². The number of methoxy groups -OCH3 is 1. The zero-order chi connectivity index (χ0) is 75.4. The maximum atomic E-state index is 14.5. The smallest absolute Gasteiger partial charge is 0.407 e. The van der Waals surface area contributed by atoms with Gasteiger partial charge in [-0.25, -0.2) is 19.6 Å². The maximum Gasteiger partial charge on any atom is 0.407 e. The van der Waals surface area contributed by atoms with Crippen LogP contribution in [-0.2, 0) is 54.9 Å². The molecular formula is C68H82N16O17S3. The first kappa shape index (κ1) is 77.8. The summed E-state index contributed by atoms with van der Waals surface area (Å²) in [7, 11) is -1.16. The molecule has 554 valence electrons. The Labute approximate surface area is 603 Å². The number of nitrogens with two attached hydrogens (primary N) is 1. The predicted octanol–water partition coefficient (Wildman–Crippen LogP) is 5.04. The molecule has 0 fully saturated rings. The van der Waals surface area contributed by atoms with Crippen molar-refractivity contribution in [1.82, 2.24) is 71.8 Å². The number of hydrogen-bond acceptors (Lipinski definition) is 24. The minimum Gasteiger partial charge on any atom is -0.480 e. The van der Waals surface area contributed by atoms with E-state index in [-0.39, 0.29) is 116 Å². The van der Waals surface area contributed by atoms with Crippen LogP contribution in [0.3, 0.4) is 0 Å². The fourth-order valence-electron chi connectivity index (χ4n) is 12.7. The van der Waals surface area contributed by atoms with Crippen LogP contribution in [0.1, 0.15) is 179 Å². The molecule has 14 N–H and O–H groups in total. The van der Waals surface area contributed by atoms with Crippen molar-refractivity contribution in [2.24, 2.45) is 0 Å². The number of alkyl carbamates (subject to hydrolysis) is 1. The van der Waals surface area contributed by atoms with Crippen molar-refractivity contribution in [3.05, 3.63) is 121 Å². The molecule has 0 radical (unpaired) electrons. The summed E-state index contributed by atoms with van der Waals surface area (Å²) in [6, 6.07) is 8.28. The van der Waals surface area contributed by atoms with Crippen LogP contribution in [0.5, 0.6) is 0 Å². The number of esters is 1. The number of anilines is 2. The highest BCUT2D eigenvalue weighted by Gasteiger charge is 2.46. The Morgan fingerprint density at radius 1 is 0.769 bits per heavy atom. The molecule has 7 heterocycles. The quantitative estimate of drug-likeness (QED) is 0.00656. The Hall–Kier alpha value is -10.3. The zero-order valence-electron chi connectivity index (χ0n) is 58.2. The maximum absolute atomic E-state index is 14.5. The van der Waals surface area contributed by atoms with Gasteiger partial charge in [0.1, 0.15) is 24.6 Å². The van der Waals surface area contributed by atoms with Crippen LogP contribution in [0.2, 0.25) is 0 Å². The van der Waals surface area contributed by atoms with Crippen molar-refractivity contribution >= 4 is 136 Å². The van der Waals surface area contributed by atoms with Crippen LogP contribution in [0.4, 0.5) is 16.4 Å². The van der Waals surface area contributed by atoms with Gasteiger partial charge in [0, 0.05) is 130 Å². The van der Waals surface area contributed by atoms with Crippen molar-refractivity contribution in [1.29, 1.82) is 0 Å². The second kappa shape index (κ2) is 34.3. The summed E-state index contributed by atoms with van der Waals surface area (Å²) in [4.78, 5) is 177. The first-order chi connectivity index (χ1) is 49.4. The highest BCUT2D eigenvalue weighted by molar-refractivity contribution is 8.76. The number of rotatable bonds is 32. The average molecular weight is 1490 g/mol. The van der Waals surface area contributed by atoms with Gasteiger partial charge >= 0.3 is 18.0 Å². The third-order valence-corrected chi connectivity index (χ3v) is 21.3. The lowest BCUT2D eigenvalue weighted by molar-refractivity contribution is -0.142. The van der Waals surface area contributed by atoms with Crippen LogP contribution >= 0.6 is 21.6 Å². The van der Waals surface area contributed by atoms with E-state index in [2.05, 4.69) is 81.0 Å². The molecule has 9 rings (SSSR count). The van der Waals surface area contributed by atoms with Crippen LogP contribution < -0.4 is 48.5 Å². The van der Waals surface area contributed by atoms with E-state index in [0.717, 1.165) is 39.4 Å². The normalized spacial score (nSPS) is 16.9. The molecule has 6 amide bonds. The number of ketones is 2. The van der Waals surface area contributed by atoms with E-state index in [9.17, 15) is 66.3 Å². The van der Waals surface area contributed by atoms with E-state index >= 15 is 0 Å². The molecule has 0 saturated heterocycles. The number of Topliss-reactive ketones (excluding diaryl/α,β-unsaturated/α-hetero) is 2. The molecule has 1 unspecified atom stereocenters. The summed E-state index contributed by atoms with van der Waals surface area (Å²) in [5, 5.41) is 28.3. The Morgan fingerprint density at radius 3 is 2.15 bits per heavy atom. The van der Waals surface area contributed by atoms with Crippen LogP contribution in [0.15, 0.2) is 53.5 Å². The Balaban J connectivity index is 0.736. The molecule has 3 aliphatic rings. The number of nitrogen functional groups attached to an aromatic ring is 1. The number of amides is 6. The van der Waals surface area contributed by atoms with Crippen LogP contribution in [0.25, 0.3) is 33.2 Å². The molecule has 1 aliphatic carbocycles. The van der Waals surface area contributed by atoms with E-state index in [1.54, 1.807) is 31.2 Å². The lowest BCUT2D eigenvalue weighted by atomic mass is 9.84. The number of aliphatic carboxylic acids is 1. The molecule has 36 heteroatoms. The van der Waals surface area contributed by atoms with Gasteiger partial charge in [0.2, 0.25) is 29.6 Å². The number of hydrogen-bond donors (Lipinski definition) is 13. The molecule has 33 nitrogen and oxygen atoms in total. The number of carboxylic acid groups (broad SMARTS) is 1. The van der Waals surface area contributed by atoms with Gasteiger partial charge in [0.25, 0.3) is 21.6 Å². The van der Waals surface area contributed by atoms with E-state index in [4.69, 9.17) is 29.7 Å². The minimum atomic E-state index is -4.48. The zero-order valence-corrected chi connectivity index (χ0v) is 60.6. The van der Waals surface area contributed by atoms with Gasteiger partial charge in [-0.3, -0.25) is 62.7 Å². The van der Waals surface area contributed by atoms with E-state index < -0.39 is 112 Å². The molecule has 1 aromatic carbocycles. The number of H-pyrrole nitrogens is 3. The van der Waals surface area contributed by atoms with Crippen molar-refractivity contribution < 1.29 is 75.5 Å². The summed E-state index contributed by atoms with van der Waals surface area (Å²) < 4.78 is 42.2. The number of aromatic nitrogens is 8. The van der Waals surface area contributed by atoms with Gasteiger partial charge in [-0.15, -0.1) is 0 Å². The highest BCUT2D eigenvalue weighted by Crippen LogP contribution is 2.48. The van der Waals surface area contributed by atoms with Gasteiger partial charge in [0.15, 0.2) is 22.7 Å². The Kier molecular flexibility index (Phi) is 25.7. The van der Waals surface area contributed by atoms with Crippen LogP contribution in [-0.4, -0.2) is 186 Å². The van der Waals surface area contributed by atoms with E-state index in [1.807, 2.05) is 39.0 Å². The van der Waals surface area contributed by atoms with Gasteiger partial charge in [-0.2, -0.15) is 13.4 Å². The summed E-state index contributed by atoms with van der Waals surface area (Å²) in [5.41, 5.74) is 14.0. The number of aromatic amines is 3. The topological polar surface area (TPSA) is 503 Å². The van der Waals surface area contributed by atoms with Crippen molar-refractivity contribution in [3.8, 4) is 0 Å². The molecule has 104 heavy (non-hydrogen) atoms. The average Bonchev–Trinajstić information content (AvgIpc) is 1.56. The molecule has 5 aromatic heterocycles. The predicted molar refractivity (Wildman–Crippen MR) is 387 cm³/mol. The van der Waals surface area contributed by atoms with Crippen molar-refractivity contribution in [2.75, 3.05) is 61.7 Å². The Bertz CT molecular complexity index is 4720. The number of aryl methyl sites for hydroxylation is 2. The number of ether oxygens (including phenoxy) is 2. The first-order valence-electron chi connectivity index (χ1n) is 33.5. The second-order valence-corrected chi connectivity index (χ2v) is 29.6. The Morgan fingerprint density at radius 2 is 1.45 bits per heavy atom. The fraction of sp³-hybridized carbons (Fsp3) is 0.441. The fourth-order valence-corrected chi connectivity index (χ4v) is 15.0. The highest BCUT2D eigenvalue weighted by atomic mass is 33.1. The number of nitrogens with zero attached hydrogens (tertiary/aromatic N) is 5. The molecule has 8 atom stereocenters. The standard InChI is InChI=1S/C68H82N16O17S3/c1-9-40-32(3)42-26-47-53(36(7)85)34(5)44(78-47)24-43-33(4)41(57(80-43)55-56(66(95)100-8)60(89)54-35(6)45(81-58(54)55)25-46(40)77-42)15-17-50(86)70-18-19-72-68(96)101-21-22-102-103-30-49(65(93)94)82-63(91)48(27-52(88)71-20-23-104(97,98)99)79-51(87)16-10-31(2)75-62(90)37-11-13-38(14-12-37)73-28-39-29-74-61-59(76-39)64(92)84-67(69)83-61/h11-14,24-26,29,31-33,40-41,48-49,56,73,78,81H,9-10,15-23,27-28,30H2,1-8H3,(H,70,86)(H,71,88)(H,72,96)(H,75,90)(H,79,87)(H,82,91)(H,93,94)(H,97,98,99)(H3,69,74,83,84,92)/t31-,32-,33+,40-,41+,48+,49+,56?/m1/s1. The van der Waals surface area contributed by atoms with Gasteiger partial charge < -0.3 is 67.5 Å². The second-order valence-electron chi connectivity index (χ2n) is 25.4. The SMILES string of the molecule is CC[C@H]1c2cc3[nH]c4c(c3C)C(=O)C(C(=O)OC)c4c3nc(cc4[nH]c(cc(n2)[C@@H]1C)c(C(C)=O)c4C)[C@@H](C)[C@@H]3CCC(=O)NCCNC(=O)OCCSSC[C@H](NC(=O)[C@H](CC(=O)NCCS(=O)(=O)O)NC(=O)CC[C@@H](C)NC(=O)c1ccc(NCc2cnc3nc(N)[nH]c(=O)c3n2)cc1)C(=O)O. The third kappa shape index (κ3) is 19.1. The molecule has 0 spiro atoms. The number of benzene rings is 1. The molecule has 6 aromatic rings. The summed E-state index contributed by atoms with van der Waals surface area (Å²) >= 11 is 0. The number of nitrogens with one attached hydrogen (secondary N) is 10. The van der Waals surface area contributed by atoms with Crippen molar-refractivity contribution in [3.63, 3.8) is 0 Å². The number of carboxylic acids is 1. The van der Waals surface area contributed by atoms with E-state index in [1.165, 1.54) is 20.2 Å². The molecular weight excluding hydrogens is 1410 g/mol. The van der Waals surface area contributed by atoms with Crippen LogP contribution in [0, 0.1) is 13.8 Å². The minimum absolute atomic E-state index is 0.00733. The van der Waals surface area contributed by atoms with Crippen molar-refractivity contribution in [2.45, 2.75) is 141 Å². The number of carbonyl (C=O) groups excluding carboxylic acids is 9. The largest absolute Gasteiger partial charge is 0.480 e. The lowest BCUT2D eigenvalue weighted by Gasteiger charge is -2.21. The van der Waals surface area contributed by atoms with Gasteiger partial charge in [-0.1, -0.05) is 42.4 Å². The summed E-state index contributed by atoms with van der Waals surface area (Å²) in [6.45, 7) is 12.4. The number of fused-ring (bicyclic) bond motifs is 9. The lowest BCUT2D eigenvalue weighted by Crippen LogP contribution is -2.53. The summed E-state index contributed by atoms with van der Waals surface area (Å²) in [6.07, 6.45) is 0.597. The monoisotopic (exact) mass is 1490 g/mol. The molecule has 8 bridgehead atoms. The molecule has 2 aliphatic heterocycles. The van der Waals surface area contributed by atoms with Gasteiger partial charge in [-0.05, 0) is 101 Å². The first-order valence-corrected chi connectivity index (χ1v) is 37.6. The number of carbonyl (C=O) groups is 10. The molecule has 0 saturated carbocycles. The van der Waals surface area contributed by atoms with Gasteiger partial charge in [0.05, 0.1) is 54.4 Å².